The van der Waals surface area contributed by atoms with Gasteiger partial charge in [0.1, 0.15) is 12.1 Å². The van der Waals surface area contributed by atoms with Crippen LogP contribution in [0.4, 0.5) is 0 Å². The van der Waals surface area contributed by atoms with Crippen molar-refractivity contribution < 1.29 is 23.1 Å². The summed E-state index contributed by atoms with van der Waals surface area (Å²) in [5.41, 5.74) is 0. The van der Waals surface area contributed by atoms with Gasteiger partial charge in [-0.2, -0.15) is 4.31 Å². The van der Waals surface area contributed by atoms with Gasteiger partial charge in [-0.25, -0.2) is 13.2 Å². The standard InChI is InChI=1S/C12H22N2O5S/c1-4-8(2)10(12(16)17)13-11(15)9-6-5-7-14(9)20(3,18)19/h8-10H,4-7H2,1-3H3,(H,13,15)(H,16,17)/t8-,9?,10-/m0/s1. The molecule has 1 fully saturated rings. The minimum absolute atomic E-state index is 0.218. The van der Waals surface area contributed by atoms with Crippen LogP contribution in [0.25, 0.3) is 0 Å². The highest BCUT2D eigenvalue weighted by molar-refractivity contribution is 7.88. The molecule has 1 aliphatic heterocycles. The molecular formula is C12H22N2O5S. The Morgan fingerprint density at radius 2 is 2.05 bits per heavy atom. The topological polar surface area (TPSA) is 104 Å². The Morgan fingerprint density at radius 3 is 2.50 bits per heavy atom. The number of carboxylic acids is 1. The van der Waals surface area contributed by atoms with Gasteiger partial charge in [-0.3, -0.25) is 4.79 Å². The van der Waals surface area contributed by atoms with Crippen molar-refractivity contribution in [1.29, 1.82) is 0 Å². The molecule has 1 unspecified atom stereocenters. The van der Waals surface area contributed by atoms with E-state index < -0.39 is 34.0 Å². The summed E-state index contributed by atoms with van der Waals surface area (Å²) in [6.45, 7) is 3.88. The number of rotatable bonds is 6. The lowest BCUT2D eigenvalue weighted by Crippen LogP contribution is -2.52. The predicted molar refractivity (Wildman–Crippen MR) is 73.6 cm³/mol. The normalized spacial score (nSPS) is 23.2. The van der Waals surface area contributed by atoms with Gasteiger partial charge in [-0.1, -0.05) is 20.3 Å². The van der Waals surface area contributed by atoms with Gasteiger partial charge in [0, 0.05) is 6.54 Å². The van der Waals surface area contributed by atoms with Gasteiger partial charge in [0.05, 0.1) is 6.26 Å². The maximum absolute atomic E-state index is 12.2. The van der Waals surface area contributed by atoms with E-state index in [1.807, 2.05) is 6.92 Å². The highest BCUT2D eigenvalue weighted by Gasteiger charge is 2.38. The lowest BCUT2D eigenvalue weighted by Gasteiger charge is -2.25. The molecule has 0 aliphatic carbocycles. The summed E-state index contributed by atoms with van der Waals surface area (Å²) in [5, 5.41) is 11.6. The molecule has 0 aromatic rings. The first-order valence-electron chi connectivity index (χ1n) is 6.68. The minimum atomic E-state index is -3.45. The third-order valence-electron chi connectivity index (χ3n) is 3.71. The molecule has 1 heterocycles. The fourth-order valence-corrected chi connectivity index (χ4v) is 3.46. The van der Waals surface area contributed by atoms with Crippen LogP contribution in [0.1, 0.15) is 33.1 Å². The molecule has 1 saturated heterocycles. The molecule has 0 saturated carbocycles. The summed E-state index contributed by atoms with van der Waals surface area (Å²) < 4.78 is 24.3. The maximum atomic E-state index is 12.2. The van der Waals surface area contributed by atoms with E-state index in [4.69, 9.17) is 5.11 Å². The summed E-state index contributed by atoms with van der Waals surface area (Å²) in [6.07, 6.45) is 2.69. The van der Waals surface area contributed by atoms with E-state index in [1.54, 1.807) is 6.92 Å². The second-order valence-electron chi connectivity index (χ2n) is 5.24. The molecule has 20 heavy (non-hydrogen) atoms. The minimum Gasteiger partial charge on any atom is -0.480 e. The fraction of sp³-hybridized carbons (Fsp3) is 0.833. The molecule has 0 radical (unpaired) electrons. The lowest BCUT2D eigenvalue weighted by molar-refractivity contribution is -0.143. The molecule has 1 amide bonds. The molecule has 2 N–H and O–H groups in total. The highest BCUT2D eigenvalue weighted by atomic mass is 32.2. The second-order valence-corrected chi connectivity index (χ2v) is 7.18. The van der Waals surface area contributed by atoms with E-state index in [0.29, 0.717) is 25.8 Å². The zero-order valence-corrected chi connectivity index (χ0v) is 12.8. The Labute approximate surface area is 119 Å². The molecule has 1 aliphatic rings. The Hall–Kier alpha value is -1.15. The highest BCUT2D eigenvalue weighted by Crippen LogP contribution is 2.21. The van der Waals surface area contributed by atoms with Crippen LogP contribution >= 0.6 is 0 Å². The smallest absolute Gasteiger partial charge is 0.326 e. The first-order valence-corrected chi connectivity index (χ1v) is 8.53. The van der Waals surface area contributed by atoms with Gasteiger partial charge in [0.15, 0.2) is 0 Å². The van der Waals surface area contributed by atoms with E-state index in [2.05, 4.69) is 5.32 Å². The molecule has 0 aromatic carbocycles. The van der Waals surface area contributed by atoms with Crippen molar-refractivity contribution in [1.82, 2.24) is 9.62 Å². The zero-order chi connectivity index (χ0) is 15.5. The van der Waals surface area contributed by atoms with Crippen molar-refractivity contribution in [3.8, 4) is 0 Å². The fourth-order valence-electron chi connectivity index (χ4n) is 2.33. The number of hydrogen-bond acceptors (Lipinski definition) is 4. The van der Waals surface area contributed by atoms with Gasteiger partial charge < -0.3 is 10.4 Å². The second kappa shape index (κ2) is 6.53. The maximum Gasteiger partial charge on any atom is 0.326 e. The van der Waals surface area contributed by atoms with Crippen LogP contribution in [0.15, 0.2) is 0 Å². The molecule has 116 valence electrons. The van der Waals surface area contributed by atoms with Gasteiger partial charge in [-0.15, -0.1) is 0 Å². The number of carbonyl (C=O) groups excluding carboxylic acids is 1. The van der Waals surface area contributed by atoms with Gasteiger partial charge >= 0.3 is 5.97 Å². The van der Waals surface area contributed by atoms with Crippen LogP contribution in [0.5, 0.6) is 0 Å². The van der Waals surface area contributed by atoms with E-state index in [-0.39, 0.29) is 5.92 Å². The van der Waals surface area contributed by atoms with Gasteiger partial charge in [-0.05, 0) is 18.8 Å². The van der Waals surface area contributed by atoms with Crippen LogP contribution in [0, 0.1) is 5.92 Å². The Balaban J connectivity index is 2.81. The third-order valence-corrected chi connectivity index (χ3v) is 5.00. The average Bonchev–Trinajstić information content (AvgIpc) is 2.83. The van der Waals surface area contributed by atoms with Crippen molar-refractivity contribution in [2.45, 2.75) is 45.2 Å². The Morgan fingerprint density at radius 1 is 1.45 bits per heavy atom. The monoisotopic (exact) mass is 306 g/mol. The first kappa shape index (κ1) is 16.9. The molecule has 0 spiro atoms. The number of amides is 1. The number of hydrogen-bond donors (Lipinski definition) is 2. The van der Waals surface area contributed by atoms with Crippen molar-refractivity contribution in [3.05, 3.63) is 0 Å². The quantitative estimate of drug-likeness (QED) is 0.720. The number of nitrogens with zero attached hydrogens (tertiary/aromatic N) is 1. The largest absolute Gasteiger partial charge is 0.480 e. The Bertz CT molecular complexity index is 476. The van der Waals surface area contributed by atoms with Crippen LogP contribution in [-0.2, 0) is 19.6 Å². The van der Waals surface area contributed by atoms with Crippen LogP contribution in [0.2, 0.25) is 0 Å². The van der Waals surface area contributed by atoms with E-state index in [9.17, 15) is 18.0 Å². The molecular weight excluding hydrogens is 284 g/mol. The van der Waals surface area contributed by atoms with Crippen molar-refractivity contribution in [2.24, 2.45) is 5.92 Å². The zero-order valence-electron chi connectivity index (χ0n) is 12.0. The summed E-state index contributed by atoms with van der Waals surface area (Å²) >= 11 is 0. The van der Waals surface area contributed by atoms with E-state index in [0.717, 1.165) is 10.6 Å². The first-order chi connectivity index (χ1) is 9.18. The molecule has 8 heteroatoms. The van der Waals surface area contributed by atoms with Crippen molar-refractivity contribution in [3.63, 3.8) is 0 Å². The summed E-state index contributed by atoms with van der Waals surface area (Å²) in [4.78, 5) is 23.3. The number of sulfonamides is 1. The summed E-state index contributed by atoms with van der Waals surface area (Å²) in [5.74, 6) is -1.85. The average molecular weight is 306 g/mol. The molecule has 1 rings (SSSR count). The van der Waals surface area contributed by atoms with E-state index >= 15 is 0 Å². The van der Waals surface area contributed by atoms with Gasteiger partial charge in [0.25, 0.3) is 0 Å². The number of carbonyl (C=O) groups is 2. The summed E-state index contributed by atoms with van der Waals surface area (Å²) in [6, 6.07) is -1.79. The lowest BCUT2D eigenvalue weighted by atomic mass is 9.99. The number of nitrogens with one attached hydrogen (secondary N) is 1. The van der Waals surface area contributed by atoms with Gasteiger partial charge in [0.2, 0.25) is 15.9 Å². The molecule has 7 nitrogen and oxygen atoms in total. The van der Waals surface area contributed by atoms with Crippen LogP contribution in [0.3, 0.4) is 0 Å². The molecule has 0 aromatic heterocycles. The molecule has 3 atom stereocenters. The number of aliphatic carboxylic acids is 1. The predicted octanol–water partition coefficient (Wildman–Crippen LogP) is 0.0259. The summed E-state index contributed by atoms with van der Waals surface area (Å²) in [7, 11) is -3.45. The van der Waals surface area contributed by atoms with Crippen LogP contribution < -0.4 is 5.32 Å². The SMILES string of the molecule is CC[C@H](C)[C@H](NC(=O)C1CCCN1S(C)(=O)=O)C(=O)O. The van der Waals surface area contributed by atoms with Crippen molar-refractivity contribution >= 4 is 21.9 Å². The Kier molecular flexibility index (Phi) is 5.52. The molecule has 0 bridgehead atoms. The van der Waals surface area contributed by atoms with Crippen molar-refractivity contribution in [2.75, 3.05) is 12.8 Å². The van der Waals surface area contributed by atoms with E-state index in [1.165, 1.54) is 0 Å². The van der Waals surface area contributed by atoms with Crippen LogP contribution in [-0.4, -0.2) is 54.6 Å². The number of carboxylic acid groups (broad SMARTS) is 1. The third kappa shape index (κ3) is 3.92.